The van der Waals surface area contributed by atoms with Crippen LogP contribution in [0.3, 0.4) is 0 Å². The lowest BCUT2D eigenvalue weighted by molar-refractivity contribution is -0.126. The molecule has 0 aliphatic rings. The highest BCUT2D eigenvalue weighted by Crippen LogP contribution is 2.23. The Labute approximate surface area is 154 Å². The van der Waals surface area contributed by atoms with Crippen LogP contribution >= 0.6 is 23.2 Å². The Morgan fingerprint density at radius 3 is 1.80 bits per heavy atom. The van der Waals surface area contributed by atoms with E-state index in [1.165, 1.54) is 7.11 Å². The van der Waals surface area contributed by atoms with Crippen molar-refractivity contribution in [3.8, 4) is 0 Å². The predicted molar refractivity (Wildman–Crippen MR) is 99.2 cm³/mol. The number of oxime groups is 1. The average Bonchev–Trinajstić information content (AvgIpc) is 2.59. The number of carbonyl (C=O) groups excluding carboxylic acids is 2. The summed E-state index contributed by atoms with van der Waals surface area (Å²) >= 11 is 12.0. The molecule has 0 saturated carbocycles. The number of hydrogen-bond donors (Lipinski definition) is 2. The van der Waals surface area contributed by atoms with E-state index >= 15 is 0 Å². The van der Waals surface area contributed by atoms with Gasteiger partial charge in [0.05, 0.1) is 27.6 Å². The van der Waals surface area contributed by atoms with Gasteiger partial charge in [-0.3, -0.25) is 9.59 Å². The van der Waals surface area contributed by atoms with Crippen LogP contribution in [0.1, 0.15) is 0 Å². The van der Waals surface area contributed by atoms with Gasteiger partial charge in [0.1, 0.15) is 7.11 Å². The van der Waals surface area contributed by atoms with Crippen LogP contribution in [0.5, 0.6) is 0 Å². The first-order valence-electron chi connectivity index (χ1n) is 7.20. The largest absolute Gasteiger partial charge is 0.399 e. The quantitative estimate of drug-likeness (QED) is 0.454. The molecule has 2 N–H and O–H groups in total. The van der Waals surface area contributed by atoms with E-state index in [1.54, 1.807) is 48.5 Å². The lowest BCUT2D eigenvalue weighted by atomic mass is 10.1. The molecule has 0 radical (unpaired) electrons. The molecule has 0 atom stereocenters. The summed E-state index contributed by atoms with van der Waals surface area (Å²) in [5.74, 6) is -2.47. The van der Waals surface area contributed by atoms with Gasteiger partial charge in [0.2, 0.25) is 11.8 Å². The second-order valence-electron chi connectivity index (χ2n) is 4.85. The number of para-hydroxylation sites is 2. The van der Waals surface area contributed by atoms with Crippen molar-refractivity contribution >= 4 is 52.6 Å². The summed E-state index contributed by atoms with van der Waals surface area (Å²) in [7, 11) is 1.31. The number of amides is 2. The van der Waals surface area contributed by atoms with Crippen LogP contribution in [-0.4, -0.2) is 25.1 Å². The van der Waals surface area contributed by atoms with E-state index in [0.29, 0.717) is 21.4 Å². The van der Waals surface area contributed by atoms with Gasteiger partial charge in [0, 0.05) is 0 Å². The smallest absolute Gasteiger partial charge is 0.242 e. The fraction of sp³-hybridized carbons (Fsp3) is 0.118. The van der Waals surface area contributed by atoms with Crippen LogP contribution in [0, 0.1) is 5.92 Å². The van der Waals surface area contributed by atoms with E-state index in [9.17, 15) is 9.59 Å². The van der Waals surface area contributed by atoms with E-state index in [1.807, 2.05) is 0 Å². The van der Waals surface area contributed by atoms with Gasteiger partial charge in [-0.25, -0.2) is 0 Å². The number of rotatable bonds is 6. The van der Waals surface area contributed by atoms with Crippen LogP contribution in [-0.2, 0) is 14.4 Å². The number of carbonyl (C=O) groups is 2. The Bertz CT molecular complexity index is 737. The van der Waals surface area contributed by atoms with Crippen molar-refractivity contribution < 1.29 is 14.4 Å². The Morgan fingerprint density at radius 2 is 1.40 bits per heavy atom. The molecular formula is C17H15Cl2N3O3. The van der Waals surface area contributed by atoms with Gasteiger partial charge in [0.25, 0.3) is 0 Å². The maximum absolute atomic E-state index is 12.5. The molecule has 6 nitrogen and oxygen atoms in total. The van der Waals surface area contributed by atoms with Crippen molar-refractivity contribution in [3.05, 3.63) is 58.6 Å². The molecule has 2 amide bonds. The molecule has 0 heterocycles. The molecule has 0 spiro atoms. The number of halogens is 2. The molecule has 8 heteroatoms. The number of anilines is 2. The maximum atomic E-state index is 12.5. The molecule has 0 bridgehead atoms. The normalized spacial score (nSPS) is 10.7. The van der Waals surface area contributed by atoms with Gasteiger partial charge in [0.15, 0.2) is 5.92 Å². The summed E-state index contributed by atoms with van der Waals surface area (Å²) in [6.45, 7) is 0. The highest BCUT2D eigenvalue weighted by atomic mass is 35.5. The van der Waals surface area contributed by atoms with E-state index in [-0.39, 0.29) is 0 Å². The van der Waals surface area contributed by atoms with Gasteiger partial charge in [-0.1, -0.05) is 52.6 Å². The Kier molecular flexibility index (Phi) is 6.80. The molecule has 0 aliphatic heterocycles. The van der Waals surface area contributed by atoms with Crippen LogP contribution in [0.15, 0.2) is 53.7 Å². The molecule has 130 valence electrons. The SMILES string of the molecule is CO/N=C/C(C(=O)Nc1ccccc1Cl)C(=O)Nc1ccccc1Cl. The van der Waals surface area contributed by atoms with Crippen molar-refractivity contribution in [2.45, 2.75) is 0 Å². The number of benzene rings is 2. The average molecular weight is 380 g/mol. The minimum Gasteiger partial charge on any atom is -0.399 e. The summed E-state index contributed by atoms with van der Waals surface area (Å²) in [5, 5.41) is 9.41. The summed E-state index contributed by atoms with van der Waals surface area (Å²) in [6, 6.07) is 13.4. The zero-order valence-corrected chi connectivity index (χ0v) is 14.7. The third-order valence-corrected chi connectivity index (χ3v) is 3.80. The van der Waals surface area contributed by atoms with E-state index in [4.69, 9.17) is 23.2 Å². The lowest BCUT2D eigenvalue weighted by Crippen LogP contribution is -2.35. The molecule has 0 saturated heterocycles. The first-order chi connectivity index (χ1) is 12.0. The molecule has 0 aromatic heterocycles. The van der Waals surface area contributed by atoms with Crippen LogP contribution in [0.25, 0.3) is 0 Å². The first-order valence-corrected chi connectivity index (χ1v) is 7.96. The molecule has 2 rings (SSSR count). The molecule has 2 aromatic carbocycles. The van der Waals surface area contributed by atoms with Crippen LogP contribution in [0.2, 0.25) is 10.0 Å². The zero-order chi connectivity index (χ0) is 18.2. The Balaban J connectivity index is 2.18. The van der Waals surface area contributed by atoms with E-state index < -0.39 is 17.7 Å². The molecule has 0 unspecified atom stereocenters. The summed E-state index contributed by atoms with van der Waals surface area (Å²) in [6.07, 6.45) is 1.10. The van der Waals surface area contributed by atoms with Crippen LogP contribution in [0.4, 0.5) is 11.4 Å². The highest BCUT2D eigenvalue weighted by molar-refractivity contribution is 6.35. The molecule has 25 heavy (non-hydrogen) atoms. The standard InChI is InChI=1S/C17H15Cl2N3O3/c1-25-20-10-11(16(23)21-14-8-4-2-6-12(14)18)17(24)22-15-9-5-3-7-13(15)19/h2-11H,1H3,(H,21,23)(H,22,24)/b20-10+. The molecule has 0 fully saturated rings. The molecule has 0 aliphatic carbocycles. The van der Waals surface area contributed by atoms with Crippen molar-refractivity contribution in [3.63, 3.8) is 0 Å². The van der Waals surface area contributed by atoms with Crippen molar-refractivity contribution in [2.24, 2.45) is 11.1 Å². The maximum Gasteiger partial charge on any atom is 0.242 e. The van der Waals surface area contributed by atoms with Gasteiger partial charge < -0.3 is 15.5 Å². The number of hydrogen-bond acceptors (Lipinski definition) is 4. The summed E-state index contributed by atoms with van der Waals surface area (Å²) in [4.78, 5) is 29.5. The van der Waals surface area contributed by atoms with E-state index in [2.05, 4.69) is 20.6 Å². The zero-order valence-electron chi connectivity index (χ0n) is 13.2. The topological polar surface area (TPSA) is 79.8 Å². The van der Waals surface area contributed by atoms with Crippen molar-refractivity contribution in [1.82, 2.24) is 0 Å². The fourth-order valence-corrected chi connectivity index (χ4v) is 2.29. The minimum atomic E-state index is -1.24. The summed E-state index contributed by atoms with van der Waals surface area (Å²) in [5.41, 5.74) is 0.769. The Hall–Kier alpha value is -2.57. The van der Waals surface area contributed by atoms with Gasteiger partial charge in [-0.15, -0.1) is 0 Å². The number of nitrogens with zero attached hydrogens (tertiary/aromatic N) is 1. The van der Waals surface area contributed by atoms with Gasteiger partial charge in [-0.05, 0) is 24.3 Å². The number of nitrogens with one attached hydrogen (secondary N) is 2. The first kappa shape index (κ1) is 18.8. The second-order valence-corrected chi connectivity index (χ2v) is 5.67. The fourth-order valence-electron chi connectivity index (χ4n) is 1.92. The predicted octanol–water partition coefficient (Wildman–Crippen LogP) is 3.82. The lowest BCUT2D eigenvalue weighted by Gasteiger charge is -2.14. The van der Waals surface area contributed by atoms with Crippen molar-refractivity contribution in [2.75, 3.05) is 17.7 Å². The Morgan fingerprint density at radius 1 is 0.960 bits per heavy atom. The molecular weight excluding hydrogens is 365 g/mol. The van der Waals surface area contributed by atoms with E-state index in [0.717, 1.165) is 6.21 Å². The molecule has 2 aromatic rings. The summed E-state index contributed by atoms with van der Waals surface area (Å²) < 4.78 is 0. The van der Waals surface area contributed by atoms with Gasteiger partial charge >= 0.3 is 0 Å². The third kappa shape index (κ3) is 5.20. The van der Waals surface area contributed by atoms with Crippen LogP contribution < -0.4 is 10.6 Å². The van der Waals surface area contributed by atoms with Crippen molar-refractivity contribution in [1.29, 1.82) is 0 Å². The third-order valence-electron chi connectivity index (χ3n) is 3.14. The highest BCUT2D eigenvalue weighted by Gasteiger charge is 2.26. The minimum absolute atomic E-state index is 0.352. The second kappa shape index (κ2) is 9.05. The van der Waals surface area contributed by atoms with Gasteiger partial charge in [-0.2, -0.15) is 0 Å². The monoisotopic (exact) mass is 379 g/mol.